The first kappa shape index (κ1) is 24.9. The molecule has 3 atom stereocenters. The molecule has 3 aliphatic rings. The number of nitriles is 1. The third kappa shape index (κ3) is 5.20. The molecule has 2 aliphatic heterocycles. The summed E-state index contributed by atoms with van der Waals surface area (Å²) in [5, 5.41) is 10.2. The predicted molar refractivity (Wildman–Crippen MR) is 133 cm³/mol. The Labute approximate surface area is 208 Å². The van der Waals surface area contributed by atoms with E-state index in [0.717, 1.165) is 43.6 Å². The van der Waals surface area contributed by atoms with E-state index in [-0.39, 0.29) is 41.7 Å². The van der Waals surface area contributed by atoms with Gasteiger partial charge in [-0.05, 0) is 55.7 Å². The van der Waals surface area contributed by atoms with Crippen molar-refractivity contribution in [3.8, 4) is 6.19 Å². The summed E-state index contributed by atoms with van der Waals surface area (Å²) < 4.78 is 0. The van der Waals surface area contributed by atoms with Gasteiger partial charge in [0.15, 0.2) is 6.19 Å². The van der Waals surface area contributed by atoms with Crippen LogP contribution in [-0.2, 0) is 9.59 Å². The molecule has 1 aliphatic carbocycles. The zero-order valence-corrected chi connectivity index (χ0v) is 21.4. The van der Waals surface area contributed by atoms with Gasteiger partial charge in [0.25, 0.3) is 0 Å². The van der Waals surface area contributed by atoms with Crippen molar-refractivity contribution in [3.63, 3.8) is 0 Å². The molecule has 0 radical (unpaired) electrons. The van der Waals surface area contributed by atoms with Crippen LogP contribution in [0.15, 0.2) is 24.3 Å². The van der Waals surface area contributed by atoms with Crippen molar-refractivity contribution in [2.45, 2.75) is 70.9 Å². The van der Waals surface area contributed by atoms with E-state index in [2.05, 4.69) is 18.0 Å². The maximum Gasteiger partial charge on any atom is 0.228 e. The number of rotatable bonds is 5. The van der Waals surface area contributed by atoms with E-state index in [9.17, 15) is 14.9 Å². The fourth-order valence-corrected chi connectivity index (χ4v) is 6.19. The highest BCUT2D eigenvalue weighted by Crippen LogP contribution is 2.36. The van der Waals surface area contributed by atoms with Crippen LogP contribution in [0.1, 0.15) is 64.4 Å². The number of hydrogen-bond acceptors (Lipinski definition) is 4. The normalized spacial score (nSPS) is 29.4. The smallest absolute Gasteiger partial charge is 0.228 e. The standard InChI is InChI=1S/C27H37ClN4O2/c1-18(2)26(33)32(22-10-4-19(3)5-11-22)23-12-13-31(14-23)27(34)25-16-30(17-29)15-24(25)20-6-8-21(28)9-7-20/h6-9,18-19,22-25H,4-5,10-16H2,1-3H3/t19?,22?,23-,24-,25+/m0/s1. The lowest BCUT2D eigenvalue weighted by atomic mass is 9.85. The fourth-order valence-electron chi connectivity index (χ4n) is 6.06. The molecule has 34 heavy (non-hydrogen) atoms. The lowest BCUT2D eigenvalue weighted by Gasteiger charge is -2.41. The molecule has 0 spiro atoms. The summed E-state index contributed by atoms with van der Waals surface area (Å²) in [7, 11) is 0. The van der Waals surface area contributed by atoms with Crippen LogP contribution in [0.4, 0.5) is 0 Å². The predicted octanol–water partition coefficient (Wildman–Crippen LogP) is 4.50. The van der Waals surface area contributed by atoms with Gasteiger partial charge < -0.3 is 14.7 Å². The van der Waals surface area contributed by atoms with Crippen molar-refractivity contribution >= 4 is 23.4 Å². The van der Waals surface area contributed by atoms with Crippen molar-refractivity contribution in [2.24, 2.45) is 17.8 Å². The third-order valence-corrected chi connectivity index (χ3v) is 8.32. The van der Waals surface area contributed by atoms with Gasteiger partial charge >= 0.3 is 0 Å². The van der Waals surface area contributed by atoms with Crippen LogP contribution in [-0.4, -0.2) is 64.8 Å². The number of carbonyl (C=O) groups excluding carboxylic acids is 2. The van der Waals surface area contributed by atoms with Crippen molar-refractivity contribution < 1.29 is 9.59 Å². The van der Waals surface area contributed by atoms with Crippen LogP contribution in [0.3, 0.4) is 0 Å². The Morgan fingerprint density at radius 1 is 1.03 bits per heavy atom. The maximum absolute atomic E-state index is 13.7. The van der Waals surface area contributed by atoms with Gasteiger partial charge in [-0.15, -0.1) is 0 Å². The van der Waals surface area contributed by atoms with Crippen LogP contribution < -0.4 is 0 Å². The topological polar surface area (TPSA) is 67.7 Å². The van der Waals surface area contributed by atoms with Gasteiger partial charge in [0.1, 0.15) is 0 Å². The number of likely N-dealkylation sites (tertiary alicyclic amines) is 2. The molecule has 184 valence electrons. The number of nitrogens with zero attached hydrogens (tertiary/aromatic N) is 4. The second kappa shape index (κ2) is 10.6. The van der Waals surface area contributed by atoms with Crippen molar-refractivity contribution in [2.75, 3.05) is 26.2 Å². The molecular weight excluding hydrogens is 448 g/mol. The molecular formula is C27H37ClN4O2. The van der Waals surface area contributed by atoms with Crippen LogP contribution in [0.5, 0.6) is 0 Å². The second-order valence-corrected chi connectivity index (χ2v) is 11.2. The van der Waals surface area contributed by atoms with Gasteiger partial charge in [-0.1, -0.05) is 44.5 Å². The van der Waals surface area contributed by atoms with Crippen LogP contribution >= 0.6 is 11.6 Å². The van der Waals surface area contributed by atoms with Gasteiger partial charge in [-0.2, -0.15) is 5.26 Å². The summed E-state index contributed by atoms with van der Waals surface area (Å²) >= 11 is 6.07. The first-order valence-electron chi connectivity index (χ1n) is 12.8. The summed E-state index contributed by atoms with van der Waals surface area (Å²) in [5.74, 6) is 0.714. The number of hydrogen-bond donors (Lipinski definition) is 0. The molecule has 4 rings (SSSR count). The minimum atomic E-state index is -0.260. The van der Waals surface area contributed by atoms with Crippen molar-refractivity contribution in [3.05, 3.63) is 34.9 Å². The molecule has 1 aromatic rings. The monoisotopic (exact) mass is 484 g/mol. The van der Waals surface area contributed by atoms with Gasteiger partial charge in [0, 0.05) is 49.1 Å². The van der Waals surface area contributed by atoms with E-state index in [1.807, 2.05) is 43.0 Å². The molecule has 2 amide bonds. The van der Waals surface area contributed by atoms with E-state index in [1.54, 1.807) is 4.90 Å². The Hall–Kier alpha value is -2.26. The number of benzene rings is 1. The Morgan fingerprint density at radius 3 is 2.32 bits per heavy atom. The molecule has 0 unspecified atom stereocenters. The Kier molecular flexibility index (Phi) is 7.72. The SMILES string of the molecule is CC1CCC(N(C(=O)C(C)C)[C@H]2CCN(C(=O)[C@@H]3CN(C#N)C[C@H]3c3ccc(Cl)cc3)C2)CC1. The van der Waals surface area contributed by atoms with Gasteiger partial charge in [0.05, 0.1) is 12.0 Å². The molecule has 7 heteroatoms. The van der Waals surface area contributed by atoms with E-state index < -0.39 is 0 Å². The van der Waals surface area contributed by atoms with E-state index >= 15 is 0 Å². The summed E-state index contributed by atoms with van der Waals surface area (Å²) in [4.78, 5) is 32.8. The quantitative estimate of drug-likeness (QED) is 0.577. The molecule has 1 saturated carbocycles. The maximum atomic E-state index is 13.7. The van der Waals surface area contributed by atoms with Gasteiger partial charge in [-0.3, -0.25) is 9.59 Å². The Balaban J connectivity index is 1.49. The largest absolute Gasteiger partial charge is 0.340 e. The number of halogens is 1. The Morgan fingerprint density at radius 2 is 1.71 bits per heavy atom. The van der Waals surface area contributed by atoms with Crippen LogP contribution in [0.25, 0.3) is 0 Å². The molecule has 6 nitrogen and oxygen atoms in total. The minimum absolute atomic E-state index is 0.0308. The highest BCUT2D eigenvalue weighted by atomic mass is 35.5. The Bertz CT molecular complexity index is 920. The average molecular weight is 485 g/mol. The molecule has 3 fully saturated rings. The van der Waals surface area contributed by atoms with E-state index in [4.69, 9.17) is 11.6 Å². The first-order chi connectivity index (χ1) is 16.3. The van der Waals surface area contributed by atoms with Crippen LogP contribution in [0, 0.1) is 29.2 Å². The number of amides is 2. The van der Waals surface area contributed by atoms with Crippen molar-refractivity contribution in [1.82, 2.24) is 14.7 Å². The lowest BCUT2D eigenvalue weighted by Crippen LogP contribution is -2.51. The fraction of sp³-hybridized carbons (Fsp3) is 0.667. The molecule has 2 heterocycles. The summed E-state index contributed by atoms with van der Waals surface area (Å²) in [6.45, 7) is 8.51. The number of carbonyl (C=O) groups is 2. The van der Waals surface area contributed by atoms with E-state index in [0.29, 0.717) is 31.2 Å². The minimum Gasteiger partial charge on any atom is -0.340 e. The lowest BCUT2D eigenvalue weighted by molar-refractivity contribution is -0.142. The average Bonchev–Trinajstić information content (AvgIpc) is 3.48. The third-order valence-electron chi connectivity index (χ3n) is 8.07. The van der Waals surface area contributed by atoms with Gasteiger partial charge in [-0.25, -0.2) is 0 Å². The molecule has 0 bridgehead atoms. The molecule has 0 N–H and O–H groups in total. The zero-order valence-electron chi connectivity index (χ0n) is 20.6. The highest BCUT2D eigenvalue weighted by molar-refractivity contribution is 6.30. The second-order valence-electron chi connectivity index (χ2n) is 10.8. The van der Waals surface area contributed by atoms with Gasteiger partial charge in [0.2, 0.25) is 11.8 Å². The van der Waals surface area contributed by atoms with Crippen molar-refractivity contribution in [1.29, 1.82) is 5.26 Å². The summed E-state index contributed by atoms with van der Waals surface area (Å²) in [6.07, 6.45) is 7.51. The zero-order chi connectivity index (χ0) is 24.4. The first-order valence-corrected chi connectivity index (χ1v) is 13.2. The highest BCUT2D eigenvalue weighted by Gasteiger charge is 2.44. The molecule has 2 saturated heterocycles. The summed E-state index contributed by atoms with van der Waals surface area (Å²) in [5.41, 5.74) is 1.05. The summed E-state index contributed by atoms with van der Waals surface area (Å²) in [6, 6.07) is 8.00. The molecule has 0 aromatic heterocycles. The van der Waals surface area contributed by atoms with E-state index in [1.165, 1.54) is 0 Å². The molecule has 1 aromatic carbocycles. The van der Waals surface area contributed by atoms with Crippen LogP contribution in [0.2, 0.25) is 5.02 Å².